The Kier molecular flexibility index (Phi) is 7.01. The van der Waals surface area contributed by atoms with Crippen LogP contribution in [0.2, 0.25) is 0 Å². The number of nitrogens with one attached hydrogen (secondary N) is 2. The van der Waals surface area contributed by atoms with Crippen LogP contribution in [0.4, 0.5) is 4.39 Å². The molecule has 1 aliphatic heterocycles. The molecule has 1 unspecified atom stereocenters. The molecule has 1 aromatic carbocycles. The number of likely N-dealkylation sites (N-methyl/N-ethyl adjacent to an activating group) is 1. The number of hydrogen-bond donors (Lipinski definition) is 2. The van der Waals surface area contributed by atoms with Crippen LogP contribution in [0.5, 0.6) is 0 Å². The van der Waals surface area contributed by atoms with Gasteiger partial charge >= 0.3 is 0 Å². The fraction of sp³-hybridized carbons (Fsp3) is 0.280. The van der Waals surface area contributed by atoms with Crippen molar-refractivity contribution in [1.29, 1.82) is 0 Å². The van der Waals surface area contributed by atoms with Crippen molar-refractivity contribution >= 4 is 29.4 Å². The van der Waals surface area contributed by atoms with Crippen LogP contribution in [-0.4, -0.2) is 46.6 Å². The van der Waals surface area contributed by atoms with Crippen LogP contribution in [0.15, 0.2) is 65.2 Å². The molecule has 0 radical (unpaired) electrons. The van der Waals surface area contributed by atoms with Gasteiger partial charge in [0.25, 0.3) is 0 Å². The van der Waals surface area contributed by atoms with Gasteiger partial charge in [-0.15, -0.1) is 0 Å². The Hall–Kier alpha value is -4.01. The highest BCUT2D eigenvalue weighted by atomic mass is 19.1. The summed E-state index contributed by atoms with van der Waals surface area (Å²) in [7, 11) is 3.71. The Morgan fingerprint density at radius 3 is 2.88 bits per heavy atom. The lowest BCUT2D eigenvalue weighted by Gasteiger charge is -2.26. The number of carbonyl (C=O) groups is 2. The molecular weight excluding hydrogens is 435 g/mol. The number of aliphatic imine (C=N–C) groups is 1. The summed E-state index contributed by atoms with van der Waals surface area (Å²) < 4.78 is 15.2. The van der Waals surface area contributed by atoms with Gasteiger partial charge in [-0.1, -0.05) is 12.1 Å². The van der Waals surface area contributed by atoms with Gasteiger partial charge in [-0.2, -0.15) is 0 Å². The molecule has 3 heterocycles. The fourth-order valence-corrected chi connectivity index (χ4v) is 4.04. The van der Waals surface area contributed by atoms with Gasteiger partial charge < -0.3 is 20.1 Å². The number of aldehydes is 1. The fourth-order valence-electron chi connectivity index (χ4n) is 4.04. The maximum atomic E-state index is 13.2. The monoisotopic (exact) mass is 462 g/mol. The number of amides is 1. The molecule has 34 heavy (non-hydrogen) atoms. The van der Waals surface area contributed by atoms with E-state index in [9.17, 15) is 14.0 Å². The largest absolute Gasteiger partial charge is 0.374 e. The molecule has 2 N–H and O–H groups in total. The number of aryl methyl sites for hydroxylation is 1. The van der Waals surface area contributed by atoms with E-state index >= 15 is 0 Å². The molecule has 0 bridgehead atoms. The maximum Gasteiger partial charge on any atom is 0.239 e. The van der Waals surface area contributed by atoms with Crippen LogP contribution >= 0.6 is 0 Å². The van der Waals surface area contributed by atoms with Crippen LogP contribution in [0.25, 0.3) is 10.9 Å². The topological polar surface area (TPSA) is 91.6 Å². The molecule has 4 rings (SSSR count). The van der Waals surface area contributed by atoms with Gasteiger partial charge in [-0.25, -0.2) is 9.38 Å². The minimum Gasteiger partial charge on any atom is -0.374 e. The number of allylic oxidation sites excluding steroid dienone is 2. The predicted octanol–water partition coefficient (Wildman–Crippen LogP) is 2.82. The number of hydrogen-bond acceptors (Lipinski definition) is 5. The minimum atomic E-state index is -0.294. The van der Waals surface area contributed by atoms with Crippen molar-refractivity contribution in [2.24, 2.45) is 12.0 Å². The lowest BCUT2D eigenvalue weighted by molar-refractivity contribution is -0.121. The number of rotatable bonds is 8. The van der Waals surface area contributed by atoms with Gasteiger partial charge in [0.2, 0.25) is 5.91 Å². The second kappa shape index (κ2) is 10.3. The molecular formula is C25H27FN6O2. The van der Waals surface area contributed by atoms with Gasteiger partial charge in [0.05, 0.1) is 42.4 Å². The second-order valence-electron chi connectivity index (χ2n) is 8.33. The highest BCUT2D eigenvalue weighted by molar-refractivity contribution is 5.82. The third-order valence-corrected chi connectivity index (χ3v) is 5.91. The normalized spacial score (nSPS) is 16.0. The number of carbonyl (C=O) groups excluding carboxylic acids is 2. The highest BCUT2D eigenvalue weighted by Crippen LogP contribution is 2.28. The summed E-state index contributed by atoms with van der Waals surface area (Å²) in [6, 6.07) is 10.1. The summed E-state index contributed by atoms with van der Waals surface area (Å²) in [5.74, 6) is -0.433. The molecule has 9 heteroatoms. The Balaban J connectivity index is 1.32. The highest BCUT2D eigenvalue weighted by Gasteiger charge is 2.21. The first-order valence-corrected chi connectivity index (χ1v) is 11.0. The zero-order valence-corrected chi connectivity index (χ0v) is 19.2. The van der Waals surface area contributed by atoms with Crippen LogP contribution in [0, 0.1) is 5.82 Å². The summed E-state index contributed by atoms with van der Waals surface area (Å²) in [5.41, 5.74) is 3.99. The lowest BCUT2D eigenvalue weighted by atomic mass is 9.97. The molecule has 3 aromatic rings. The molecule has 0 aliphatic carbocycles. The van der Waals surface area contributed by atoms with E-state index in [1.54, 1.807) is 42.8 Å². The van der Waals surface area contributed by atoms with Gasteiger partial charge in [0, 0.05) is 37.6 Å². The zero-order valence-electron chi connectivity index (χ0n) is 19.2. The first-order chi connectivity index (χ1) is 16.4. The van der Waals surface area contributed by atoms with Crippen molar-refractivity contribution in [1.82, 2.24) is 25.1 Å². The van der Waals surface area contributed by atoms with Crippen LogP contribution in [-0.2, 0) is 23.2 Å². The SMILES string of the molecule is CN(C=NC1=C(C=O)NC(c2ccc(F)cc2)CC1)CC(=O)NCc1cc2cnccc2n1C. The molecule has 1 aliphatic rings. The zero-order chi connectivity index (χ0) is 24.1. The summed E-state index contributed by atoms with van der Waals surface area (Å²) >= 11 is 0. The smallest absolute Gasteiger partial charge is 0.239 e. The van der Waals surface area contributed by atoms with E-state index in [0.717, 1.165) is 34.9 Å². The Bertz CT molecular complexity index is 1250. The molecule has 0 spiro atoms. The average molecular weight is 463 g/mol. The third kappa shape index (κ3) is 5.31. The van der Waals surface area contributed by atoms with Crippen LogP contribution < -0.4 is 10.6 Å². The molecule has 2 aromatic heterocycles. The third-order valence-electron chi connectivity index (χ3n) is 5.91. The number of fused-ring (bicyclic) bond motifs is 1. The van der Waals surface area contributed by atoms with Gasteiger partial charge in [0.15, 0.2) is 6.29 Å². The van der Waals surface area contributed by atoms with E-state index in [4.69, 9.17) is 0 Å². The second-order valence-corrected chi connectivity index (χ2v) is 8.33. The first kappa shape index (κ1) is 23.2. The van der Waals surface area contributed by atoms with Crippen LogP contribution in [0.1, 0.15) is 30.1 Å². The Morgan fingerprint density at radius 1 is 1.35 bits per heavy atom. The molecule has 176 valence electrons. The number of nitrogens with zero attached hydrogens (tertiary/aromatic N) is 4. The summed E-state index contributed by atoms with van der Waals surface area (Å²) in [5, 5.41) is 7.13. The maximum absolute atomic E-state index is 13.2. The molecule has 1 atom stereocenters. The number of benzene rings is 1. The van der Waals surface area contributed by atoms with Crippen molar-refractivity contribution in [2.75, 3.05) is 13.6 Å². The van der Waals surface area contributed by atoms with E-state index in [1.807, 2.05) is 23.7 Å². The summed E-state index contributed by atoms with van der Waals surface area (Å²) in [6.45, 7) is 0.536. The van der Waals surface area contributed by atoms with E-state index in [-0.39, 0.29) is 24.3 Å². The quantitative estimate of drug-likeness (QED) is 0.305. The molecule has 0 fully saturated rings. The summed E-state index contributed by atoms with van der Waals surface area (Å²) in [6.07, 6.45) is 7.16. The van der Waals surface area contributed by atoms with Gasteiger partial charge in [-0.3, -0.25) is 14.6 Å². The molecule has 0 saturated heterocycles. The number of aromatic nitrogens is 2. The Labute approximate surface area is 197 Å². The number of pyridine rings is 1. The Morgan fingerprint density at radius 2 is 2.15 bits per heavy atom. The van der Waals surface area contributed by atoms with E-state index in [1.165, 1.54) is 12.1 Å². The predicted molar refractivity (Wildman–Crippen MR) is 128 cm³/mol. The van der Waals surface area contributed by atoms with Crippen LogP contribution in [0.3, 0.4) is 0 Å². The average Bonchev–Trinajstić information content (AvgIpc) is 3.17. The molecule has 0 saturated carbocycles. The van der Waals surface area contributed by atoms with Gasteiger partial charge in [0.1, 0.15) is 5.82 Å². The van der Waals surface area contributed by atoms with E-state index in [0.29, 0.717) is 24.4 Å². The molecule has 8 nitrogen and oxygen atoms in total. The van der Waals surface area contributed by atoms with Gasteiger partial charge in [-0.05, 0) is 42.7 Å². The van der Waals surface area contributed by atoms with E-state index < -0.39 is 0 Å². The van der Waals surface area contributed by atoms with E-state index in [2.05, 4.69) is 20.6 Å². The van der Waals surface area contributed by atoms with Crippen molar-refractivity contribution in [3.05, 3.63) is 77.3 Å². The van der Waals surface area contributed by atoms with Crippen molar-refractivity contribution in [2.45, 2.75) is 25.4 Å². The minimum absolute atomic E-state index is 0.0757. The van der Waals surface area contributed by atoms with Crippen molar-refractivity contribution in [3.63, 3.8) is 0 Å². The standard InChI is InChI=1S/C25H27FN6O2/c1-31(14-25(34)28-13-20-11-18-12-27-10-9-24(18)32(20)2)16-29-22-8-7-21(30-23(22)15-33)17-3-5-19(26)6-4-17/h3-6,9-12,15-16,21,30H,7-8,13-14H2,1-2H3,(H,28,34). The van der Waals surface area contributed by atoms with Crippen molar-refractivity contribution < 1.29 is 14.0 Å². The summed E-state index contributed by atoms with van der Waals surface area (Å²) in [4.78, 5) is 34.2. The number of halogens is 1. The van der Waals surface area contributed by atoms with Crippen molar-refractivity contribution in [3.8, 4) is 0 Å². The first-order valence-electron chi connectivity index (χ1n) is 11.0. The molecule has 1 amide bonds. The lowest BCUT2D eigenvalue weighted by Crippen LogP contribution is -2.34.